The molecule has 0 spiro atoms. The van der Waals surface area contributed by atoms with Gasteiger partial charge in [0.05, 0.1) is 12.6 Å². The van der Waals surface area contributed by atoms with Gasteiger partial charge in [0.25, 0.3) is 5.91 Å². The van der Waals surface area contributed by atoms with E-state index in [0.717, 1.165) is 17.7 Å². The quantitative estimate of drug-likeness (QED) is 0.829. The molecule has 1 amide bonds. The summed E-state index contributed by atoms with van der Waals surface area (Å²) in [6.45, 7) is 1.00. The number of benzene rings is 1. The van der Waals surface area contributed by atoms with Gasteiger partial charge in [0, 0.05) is 12.2 Å². The summed E-state index contributed by atoms with van der Waals surface area (Å²) in [6, 6.07) is 7.64. The van der Waals surface area contributed by atoms with Gasteiger partial charge in [0.15, 0.2) is 0 Å². The SMILES string of the molecule is Cl.Cl.NC[C@H]1CC[C@@H](C(=O)Nc2ccccc2Cn2cncn2)O1. The molecule has 7 nitrogen and oxygen atoms in total. The maximum absolute atomic E-state index is 12.3. The number of aromatic nitrogens is 3. The molecule has 0 bridgehead atoms. The summed E-state index contributed by atoms with van der Waals surface area (Å²) in [6.07, 6.45) is 4.23. The van der Waals surface area contributed by atoms with Crippen molar-refractivity contribution in [3.8, 4) is 0 Å². The van der Waals surface area contributed by atoms with Crippen LogP contribution in [0.15, 0.2) is 36.9 Å². The van der Waals surface area contributed by atoms with Crippen molar-refractivity contribution < 1.29 is 9.53 Å². The molecule has 0 aliphatic carbocycles. The fraction of sp³-hybridized carbons (Fsp3) is 0.400. The first-order chi connectivity index (χ1) is 10.8. The summed E-state index contributed by atoms with van der Waals surface area (Å²) in [7, 11) is 0. The topological polar surface area (TPSA) is 95.1 Å². The molecule has 9 heteroatoms. The van der Waals surface area contributed by atoms with E-state index in [0.29, 0.717) is 19.5 Å². The van der Waals surface area contributed by atoms with Crippen molar-refractivity contribution in [1.82, 2.24) is 14.8 Å². The van der Waals surface area contributed by atoms with Crippen molar-refractivity contribution in [2.45, 2.75) is 31.6 Å². The molecule has 2 atom stereocenters. The first-order valence-electron chi connectivity index (χ1n) is 7.33. The number of rotatable bonds is 5. The summed E-state index contributed by atoms with van der Waals surface area (Å²) in [5, 5.41) is 7.03. The average Bonchev–Trinajstić information content (AvgIpc) is 3.20. The molecule has 3 rings (SSSR count). The number of nitrogens with two attached hydrogens (primary N) is 1. The number of hydrogen-bond acceptors (Lipinski definition) is 5. The summed E-state index contributed by atoms with van der Waals surface area (Å²) in [5.41, 5.74) is 7.31. The van der Waals surface area contributed by atoms with Gasteiger partial charge >= 0.3 is 0 Å². The summed E-state index contributed by atoms with van der Waals surface area (Å²) < 4.78 is 7.34. The summed E-state index contributed by atoms with van der Waals surface area (Å²) in [5.74, 6) is -0.123. The van der Waals surface area contributed by atoms with Crippen LogP contribution in [0.25, 0.3) is 0 Å². The molecular weight excluding hydrogens is 353 g/mol. The Kier molecular flexibility index (Phi) is 8.14. The highest BCUT2D eigenvalue weighted by molar-refractivity contribution is 5.95. The number of amides is 1. The number of nitrogens with zero attached hydrogens (tertiary/aromatic N) is 3. The monoisotopic (exact) mass is 373 g/mol. The molecule has 2 aromatic rings. The fourth-order valence-corrected chi connectivity index (χ4v) is 2.55. The number of nitrogens with one attached hydrogen (secondary N) is 1. The van der Waals surface area contributed by atoms with Gasteiger partial charge in [-0.2, -0.15) is 5.10 Å². The Balaban J connectivity index is 0.00000144. The van der Waals surface area contributed by atoms with Gasteiger partial charge in [-0.3, -0.25) is 4.79 Å². The first kappa shape index (κ1) is 20.4. The minimum absolute atomic E-state index is 0. The number of ether oxygens (including phenoxy) is 1. The molecule has 1 aliphatic rings. The summed E-state index contributed by atoms with van der Waals surface area (Å²) in [4.78, 5) is 16.2. The Morgan fingerprint density at radius 1 is 1.33 bits per heavy atom. The minimum atomic E-state index is -0.423. The van der Waals surface area contributed by atoms with Crippen LogP contribution in [0.5, 0.6) is 0 Å². The highest BCUT2D eigenvalue weighted by atomic mass is 35.5. The van der Waals surface area contributed by atoms with Crippen LogP contribution in [-0.2, 0) is 16.1 Å². The first-order valence-corrected chi connectivity index (χ1v) is 7.33. The van der Waals surface area contributed by atoms with Crippen LogP contribution in [0.2, 0.25) is 0 Å². The van der Waals surface area contributed by atoms with Gasteiger partial charge < -0.3 is 15.8 Å². The molecule has 0 saturated carbocycles. The van der Waals surface area contributed by atoms with Gasteiger partial charge in [-0.1, -0.05) is 18.2 Å². The molecule has 1 saturated heterocycles. The van der Waals surface area contributed by atoms with E-state index in [1.54, 1.807) is 11.0 Å². The van der Waals surface area contributed by atoms with Crippen molar-refractivity contribution in [3.63, 3.8) is 0 Å². The number of hydrogen-bond donors (Lipinski definition) is 2. The van der Waals surface area contributed by atoms with E-state index in [4.69, 9.17) is 10.5 Å². The van der Waals surface area contributed by atoms with Crippen LogP contribution in [0.3, 0.4) is 0 Å². The second kappa shape index (κ2) is 9.58. The normalized spacial score (nSPS) is 19.2. The maximum atomic E-state index is 12.3. The molecule has 0 unspecified atom stereocenters. The van der Waals surface area contributed by atoms with E-state index in [-0.39, 0.29) is 36.8 Å². The van der Waals surface area contributed by atoms with Crippen LogP contribution in [-0.4, -0.2) is 39.4 Å². The largest absolute Gasteiger partial charge is 0.364 e. The third-order valence-electron chi connectivity index (χ3n) is 3.74. The number of para-hydroxylation sites is 1. The van der Waals surface area contributed by atoms with E-state index in [1.807, 2.05) is 24.3 Å². The molecule has 1 fully saturated rings. The molecule has 1 aromatic carbocycles. The van der Waals surface area contributed by atoms with Crippen LogP contribution < -0.4 is 11.1 Å². The van der Waals surface area contributed by atoms with Gasteiger partial charge in [-0.15, -0.1) is 24.8 Å². The molecule has 1 aliphatic heterocycles. The predicted octanol–water partition coefficient (Wildman–Crippen LogP) is 1.61. The van der Waals surface area contributed by atoms with Crippen molar-refractivity contribution in [3.05, 3.63) is 42.5 Å². The zero-order chi connectivity index (χ0) is 15.4. The Hall–Kier alpha value is -1.67. The smallest absolute Gasteiger partial charge is 0.253 e. The Bertz CT molecular complexity index is 639. The third-order valence-corrected chi connectivity index (χ3v) is 3.74. The standard InChI is InChI=1S/C15H19N5O2.2ClH/c16-7-12-5-6-14(22-12)15(21)19-13-4-2-1-3-11(13)8-20-10-17-9-18-20;;/h1-4,9-10,12,14H,5-8,16H2,(H,19,21);2*1H/t12-,14+;;/m1../s1. The lowest BCUT2D eigenvalue weighted by Gasteiger charge is -2.15. The molecule has 0 radical (unpaired) electrons. The average molecular weight is 374 g/mol. The van der Waals surface area contributed by atoms with Gasteiger partial charge in [-0.25, -0.2) is 9.67 Å². The van der Waals surface area contributed by atoms with Crippen LogP contribution in [0.4, 0.5) is 5.69 Å². The van der Waals surface area contributed by atoms with Crippen molar-refractivity contribution in [2.75, 3.05) is 11.9 Å². The second-order valence-electron chi connectivity index (χ2n) is 5.30. The zero-order valence-corrected chi connectivity index (χ0v) is 14.6. The van der Waals surface area contributed by atoms with Crippen LogP contribution in [0.1, 0.15) is 18.4 Å². The van der Waals surface area contributed by atoms with E-state index in [9.17, 15) is 4.79 Å². The number of halogens is 2. The summed E-state index contributed by atoms with van der Waals surface area (Å²) >= 11 is 0. The Labute approximate surface area is 152 Å². The van der Waals surface area contributed by atoms with E-state index >= 15 is 0 Å². The van der Waals surface area contributed by atoms with Crippen molar-refractivity contribution >= 4 is 36.4 Å². The van der Waals surface area contributed by atoms with Crippen LogP contribution >= 0.6 is 24.8 Å². The third kappa shape index (κ3) is 4.91. The Morgan fingerprint density at radius 2 is 2.12 bits per heavy atom. The van der Waals surface area contributed by atoms with E-state index in [1.165, 1.54) is 6.33 Å². The maximum Gasteiger partial charge on any atom is 0.253 e. The molecule has 24 heavy (non-hydrogen) atoms. The molecule has 1 aromatic heterocycles. The highest BCUT2D eigenvalue weighted by Crippen LogP contribution is 2.22. The number of carbonyl (C=O) groups excluding carboxylic acids is 1. The molecule has 3 N–H and O–H groups in total. The predicted molar refractivity (Wildman–Crippen MR) is 95.6 cm³/mol. The van der Waals surface area contributed by atoms with Gasteiger partial charge in [0.1, 0.15) is 18.8 Å². The lowest BCUT2D eigenvalue weighted by Crippen LogP contribution is -2.30. The van der Waals surface area contributed by atoms with Gasteiger partial charge in [-0.05, 0) is 24.5 Å². The lowest BCUT2D eigenvalue weighted by molar-refractivity contribution is -0.126. The van der Waals surface area contributed by atoms with Crippen molar-refractivity contribution in [1.29, 1.82) is 0 Å². The van der Waals surface area contributed by atoms with Crippen LogP contribution in [0, 0.1) is 0 Å². The number of carbonyl (C=O) groups is 1. The van der Waals surface area contributed by atoms with Crippen molar-refractivity contribution in [2.24, 2.45) is 5.73 Å². The van der Waals surface area contributed by atoms with E-state index < -0.39 is 6.10 Å². The molecular formula is C15H21Cl2N5O2. The lowest BCUT2D eigenvalue weighted by atomic mass is 10.1. The molecule has 2 heterocycles. The fourth-order valence-electron chi connectivity index (χ4n) is 2.55. The minimum Gasteiger partial charge on any atom is -0.364 e. The zero-order valence-electron chi connectivity index (χ0n) is 13.0. The van der Waals surface area contributed by atoms with Gasteiger partial charge in [0.2, 0.25) is 0 Å². The second-order valence-corrected chi connectivity index (χ2v) is 5.30. The number of anilines is 1. The highest BCUT2D eigenvalue weighted by Gasteiger charge is 2.30. The Morgan fingerprint density at radius 3 is 2.79 bits per heavy atom. The molecule has 132 valence electrons. The van der Waals surface area contributed by atoms with E-state index in [2.05, 4.69) is 15.4 Å².